The summed E-state index contributed by atoms with van der Waals surface area (Å²) in [6, 6.07) is 14.0. The molecule has 0 amide bonds. The number of aromatic nitrogens is 1. The minimum atomic E-state index is -0.0774. The van der Waals surface area contributed by atoms with Gasteiger partial charge in [0, 0.05) is 25.0 Å². The van der Waals surface area contributed by atoms with E-state index in [2.05, 4.69) is 17.1 Å². The van der Waals surface area contributed by atoms with Gasteiger partial charge in [-0.2, -0.15) is 0 Å². The van der Waals surface area contributed by atoms with Crippen LogP contribution < -0.4 is 5.73 Å². The molecule has 1 heterocycles. The van der Waals surface area contributed by atoms with Crippen molar-refractivity contribution >= 4 is 0 Å². The first kappa shape index (κ1) is 13.7. The Morgan fingerprint density at radius 2 is 1.95 bits per heavy atom. The highest BCUT2D eigenvalue weighted by Gasteiger charge is 2.20. The smallest absolute Gasteiger partial charge is 0.0978 e. The molecule has 3 heteroatoms. The SMILES string of the molecule is CCOC(c1ccccc1)C(N)Cc1cccnc1. The zero-order chi connectivity index (χ0) is 13.5. The summed E-state index contributed by atoms with van der Waals surface area (Å²) < 4.78 is 5.82. The highest BCUT2D eigenvalue weighted by atomic mass is 16.5. The number of nitrogens with zero attached hydrogens (tertiary/aromatic N) is 1. The zero-order valence-electron chi connectivity index (χ0n) is 11.2. The molecule has 0 saturated heterocycles. The van der Waals surface area contributed by atoms with Gasteiger partial charge < -0.3 is 10.5 Å². The Bertz CT molecular complexity index is 473. The molecule has 2 rings (SSSR count). The van der Waals surface area contributed by atoms with Gasteiger partial charge in [0.1, 0.15) is 0 Å². The molecule has 100 valence electrons. The van der Waals surface area contributed by atoms with Gasteiger partial charge in [-0.25, -0.2) is 0 Å². The summed E-state index contributed by atoms with van der Waals surface area (Å²) in [4.78, 5) is 4.12. The third-order valence-electron chi connectivity index (χ3n) is 3.06. The van der Waals surface area contributed by atoms with Gasteiger partial charge >= 0.3 is 0 Å². The lowest BCUT2D eigenvalue weighted by atomic mass is 9.97. The average molecular weight is 256 g/mol. The van der Waals surface area contributed by atoms with Crippen LogP contribution in [-0.4, -0.2) is 17.6 Å². The number of hydrogen-bond acceptors (Lipinski definition) is 3. The van der Waals surface area contributed by atoms with E-state index in [1.54, 1.807) is 6.20 Å². The van der Waals surface area contributed by atoms with E-state index in [1.165, 1.54) is 0 Å². The Morgan fingerprint density at radius 1 is 1.16 bits per heavy atom. The number of rotatable bonds is 6. The summed E-state index contributed by atoms with van der Waals surface area (Å²) in [5, 5.41) is 0. The molecule has 0 fully saturated rings. The summed E-state index contributed by atoms with van der Waals surface area (Å²) in [7, 11) is 0. The summed E-state index contributed by atoms with van der Waals surface area (Å²) in [6.45, 7) is 2.65. The Balaban J connectivity index is 2.11. The normalized spacial score (nSPS) is 14.0. The highest BCUT2D eigenvalue weighted by Crippen LogP contribution is 2.22. The van der Waals surface area contributed by atoms with Crippen molar-refractivity contribution in [2.45, 2.75) is 25.5 Å². The van der Waals surface area contributed by atoms with Crippen LogP contribution in [0.25, 0.3) is 0 Å². The molecule has 0 bridgehead atoms. The molecule has 0 spiro atoms. The van der Waals surface area contributed by atoms with Crippen LogP contribution in [0.3, 0.4) is 0 Å². The second kappa shape index (κ2) is 7.02. The summed E-state index contributed by atoms with van der Waals surface area (Å²) in [5.41, 5.74) is 8.58. The van der Waals surface area contributed by atoms with Gasteiger partial charge in [0.15, 0.2) is 0 Å². The van der Waals surface area contributed by atoms with Crippen molar-refractivity contribution in [2.24, 2.45) is 5.73 Å². The monoisotopic (exact) mass is 256 g/mol. The zero-order valence-corrected chi connectivity index (χ0v) is 11.2. The minimum Gasteiger partial charge on any atom is -0.372 e. The van der Waals surface area contributed by atoms with Crippen molar-refractivity contribution in [3.05, 3.63) is 66.0 Å². The van der Waals surface area contributed by atoms with Crippen molar-refractivity contribution < 1.29 is 4.74 Å². The van der Waals surface area contributed by atoms with E-state index in [0.29, 0.717) is 6.61 Å². The predicted molar refractivity (Wildman–Crippen MR) is 76.7 cm³/mol. The van der Waals surface area contributed by atoms with Crippen LogP contribution in [-0.2, 0) is 11.2 Å². The van der Waals surface area contributed by atoms with Gasteiger partial charge in [-0.1, -0.05) is 36.4 Å². The number of hydrogen-bond donors (Lipinski definition) is 1. The first-order valence-corrected chi connectivity index (χ1v) is 6.62. The van der Waals surface area contributed by atoms with E-state index in [0.717, 1.165) is 17.5 Å². The first-order chi connectivity index (χ1) is 9.31. The van der Waals surface area contributed by atoms with Crippen molar-refractivity contribution in [3.8, 4) is 0 Å². The predicted octanol–water partition coefficient (Wildman–Crippen LogP) is 2.73. The molecule has 19 heavy (non-hydrogen) atoms. The summed E-state index contributed by atoms with van der Waals surface area (Å²) >= 11 is 0. The molecule has 2 atom stereocenters. The molecular weight excluding hydrogens is 236 g/mol. The molecule has 0 aliphatic carbocycles. The van der Waals surface area contributed by atoms with E-state index in [4.69, 9.17) is 10.5 Å². The Morgan fingerprint density at radius 3 is 2.58 bits per heavy atom. The lowest BCUT2D eigenvalue weighted by Crippen LogP contribution is -2.32. The van der Waals surface area contributed by atoms with Crippen LogP contribution >= 0.6 is 0 Å². The molecular formula is C16H20N2O. The molecule has 2 unspecified atom stereocenters. The molecule has 0 radical (unpaired) electrons. The van der Waals surface area contributed by atoms with E-state index < -0.39 is 0 Å². The van der Waals surface area contributed by atoms with Crippen molar-refractivity contribution in [1.82, 2.24) is 4.98 Å². The molecule has 0 aliphatic rings. The second-order valence-electron chi connectivity index (χ2n) is 4.52. The van der Waals surface area contributed by atoms with Gasteiger partial charge in [-0.05, 0) is 30.5 Å². The quantitative estimate of drug-likeness (QED) is 0.864. The number of pyridine rings is 1. The average Bonchev–Trinajstić information content (AvgIpc) is 2.46. The molecule has 1 aromatic carbocycles. The lowest BCUT2D eigenvalue weighted by molar-refractivity contribution is 0.0433. The largest absolute Gasteiger partial charge is 0.372 e. The number of ether oxygens (including phenoxy) is 1. The maximum absolute atomic E-state index is 6.32. The lowest BCUT2D eigenvalue weighted by Gasteiger charge is -2.24. The third kappa shape index (κ3) is 3.88. The van der Waals surface area contributed by atoms with Gasteiger partial charge in [0.2, 0.25) is 0 Å². The fraction of sp³-hybridized carbons (Fsp3) is 0.312. The third-order valence-corrected chi connectivity index (χ3v) is 3.06. The van der Waals surface area contributed by atoms with E-state index >= 15 is 0 Å². The number of nitrogens with two attached hydrogens (primary N) is 1. The standard InChI is InChI=1S/C16H20N2O/c1-2-19-16(14-8-4-3-5-9-14)15(17)11-13-7-6-10-18-12-13/h3-10,12,15-16H,2,11,17H2,1H3. The molecule has 3 nitrogen and oxygen atoms in total. The van der Waals surface area contributed by atoms with Crippen molar-refractivity contribution in [1.29, 1.82) is 0 Å². The van der Waals surface area contributed by atoms with Crippen LogP contribution in [0.5, 0.6) is 0 Å². The van der Waals surface area contributed by atoms with E-state index in [-0.39, 0.29) is 12.1 Å². The highest BCUT2D eigenvalue weighted by molar-refractivity contribution is 5.20. The Labute approximate surface area is 114 Å². The fourth-order valence-corrected chi connectivity index (χ4v) is 2.19. The second-order valence-corrected chi connectivity index (χ2v) is 4.52. The fourth-order valence-electron chi connectivity index (χ4n) is 2.19. The van der Waals surface area contributed by atoms with Crippen LogP contribution in [0.15, 0.2) is 54.9 Å². The maximum atomic E-state index is 6.32. The van der Waals surface area contributed by atoms with Crippen LogP contribution in [0.2, 0.25) is 0 Å². The number of benzene rings is 1. The molecule has 2 aromatic rings. The first-order valence-electron chi connectivity index (χ1n) is 6.62. The topological polar surface area (TPSA) is 48.1 Å². The van der Waals surface area contributed by atoms with Crippen LogP contribution in [0.1, 0.15) is 24.2 Å². The Kier molecular flexibility index (Phi) is 5.07. The molecule has 1 aromatic heterocycles. The minimum absolute atomic E-state index is 0.0773. The molecule has 0 saturated carbocycles. The van der Waals surface area contributed by atoms with Crippen LogP contribution in [0.4, 0.5) is 0 Å². The van der Waals surface area contributed by atoms with Crippen LogP contribution in [0, 0.1) is 0 Å². The summed E-state index contributed by atoms with van der Waals surface area (Å²) in [6.07, 6.45) is 4.31. The maximum Gasteiger partial charge on any atom is 0.0978 e. The van der Waals surface area contributed by atoms with Gasteiger partial charge in [0.05, 0.1) is 6.10 Å². The van der Waals surface area contributed by atoms with Gasteiger partial charge in [-0.3, -0.25) is 4.98 Å². The Hall–Kier alpha value is -1.71. The van der Waals surface area contributed by atoms with E-state index in [1.807, 2.05) is 43.5 Å². The summed E-state index contributed by atoms with van der Waals surface area (Å²) in [5.74, 6) is 0. The van der Waals surface area contributed by atoms with Crippen molar-refractivity contribution in [2.75, 3.05) is 6.61 Å². The van der Waals surface area contributed by atoms with E-state index in [9.17, 15) is 0 Å². The van der Waals surface area contributed by atoms with Gasteiger partial charge in [-0.15, -0.1) is 0 Å². The molecule has 2 N–H and O–H groups in total. The van der Waals surface area contributed by atoms with Gasteiger partial charge in [0.25, 0.3) is 0 Å². The van der Waals surface area contributed by atoms with Crippen molar-refractivity contribution in [3.63, 3.8) is 0 Å². The molecule has 0 aliphatic heterocycles.